The van der Waals surface area contributed by atoms with E-state index >= 15 is 0 Å². The fourth-order valence-corrected chi connectivity index (χ4v) is 3.15. The van der Waals surface area contributed by atoms with Gasteiger partial charge in [-0.2, -0.15) is 0 Å². The van der Waals surface area contributed by atoms with Gasteiger partial charge in [0.1, 0.15) is 11.3 Å². The number of carbonyl (C=O) groups is 2. The van der Waals surface area contributed by atoms with Crippen molar-refractivity contribution in [3.8, 4) is 17.2 Å². The molecule has 0 radical (unpaired) electrons. The maximum atomic E-state index is 12.3. The van der Waals surface area contributed by atoms with Gasteiger partial charge in [0.25, 0.3) is 5.91 Å². The molecule has 0 saturated carbocycles. The van der Waals surface area contributed by atoms with Crippen molar-refractivity contribution in [2.75, 3.05) is 13.4 Å². The molecule has 0 aromatic heterocycles. The molecule has 3 aromatic carbocycles. The number of amides is 1. The zero-order chi connectivity index (χ0) is 20.4. The number of carbonyl (C=O) groups excluding carboxylic acids is 2. The molecule has 1 amide bonds. The van der Waals surface area contributed by atoms with Gasteiger partial charge in [0.2, 0.25) is 6.79 Å². The minimum absolute atomic E-state index is 0.0142. The van der Waals surface area contributed by atoms with Crippen molar-refractivity contribution in [1.82, 2.24) is 5.32 Å². The lowest BCUT2D eigenvalue weighted by Gasteiger charge is -2.15. The standard InChI is InChI=1S/C22H19NO6/c1-13(14-6-7-19-20(10-14)29-12-28-19)23-21(25)11-27-22(26)17-8-15-4-2-3-5-16(15)9-18(17)24/h2-10,13,24H,11-12H2,1H3,(H,23,25)/t13-/m0/s1. The largest absolute Gasteiger partial charge is 0.507 e. The van der Waals surface area contributed by atoms with E-state index in [0.29, 0.717) is 11.5 Å². The van der Waals surface area contributed by atoms with Gasteiger partial charge in [-0.25, -0.2) is 4.79 Å². The molecule has 1 heterocycles. The van der Waals surface area contributed by atoms with Crippen molar-refractivity contribution in [1.29, 1.82) is 0 Å². The molecule has 148 valence electrons. The minimum atomic E-state index is -0.765. The average molecular weight is 393 g/mol. The third kappa shape index (κ3) is 3.94. The Morgan fingerprint density at radius 1 is 1.07 bits per heavy atom. The second kappa shape index (κ2) is 7.71. The third-order valence-corrected chi connectivity index (χ3v) is 4.69. The Bertz CT molecular complexity index is 1090. The summed E-state index contributed by atoms with van der Waals surface area (Å²) in [4.78, 5) is 24.5. The van der Waals surface area contributed by atoms with Gasteiger partial charge >= 0.3 is 5.97 Å². The van der Waals surface area contributed by atoms with Crippen LogP contribution in [0.25, 0.3) is 10.8 Å². The van der Waals surface area contributed by atoms with Crippen LogP contribution in [-0.4, -0.2) is 30.4 Å². The zero-order valence-electron chi connectivity index (χ0n) is 15.7. The Kier molecular flexibility index (Phi) is 4.95. The van der Waals surface area contributed by atoms with Gasteiger partial charge < -0.3 is 24.6 Å². The average Bonchev–Trinajstić information content (AvgIpc) is 3.19. The predicted molar refractivity (Wildman–Crippen MR) is 105 cm³/mol. The molecule has 1 aliphatic heterocycles. The SMILES string of the molecule is C[C@H](NC(=O)COC(=O)c1cc2ccccc2cc1O)c1ccc2c(c1)OCO2. The highest BCUT2D eigenvalue weighted by Crippen LogP contribution is 2.34. The summed E-state index contributed by atoms with van der Waals surface area (Å²) in [5, 5.41) is 14.4. The highest BCUT2D eigenvalue weighted by atomic mass is 16.7. The number of benzene rings is 3. The first-order valence-electron chi connectivity index (χ1n) is 9.09. The minimum Gasteiger partial charge on any atom is -0.507 e. The summed E-state index contributed by atoms with van der Waals surface area (Å²) >= 11 is 0. The van der Waals surface area contributed by atoms with Gasteiger partial charge in [0, 0.05) is 0 Å². The van der Waals surface area contributed by atoms with Crippen LogP contribution in [0, 0.1) is 0 Å². The number of fused-ring (bicyclic) bond motifs is 2. The molecule has 0 bridgehead atoms. The van der Waals surface area contributed by atoms with Crippen molar-refractivity contribution < 1.29 is 28.9 Å². The summed E-state index contributed by atoms with van der Waals surface area (Å²) in [7, 11) is 0. The van der Waals surface area contributed by atoms with E-state index in [1.807, 2.05) is 37.3 Å². The molecule has 29 heavy (non-hydrogen) atoms. The second-order valence-electron chi connectivity index (χ2n) is 6.69. The molecular formula is C22H19NO6. The first-order chi connectivity index (χ1) is 14.0. The third-order valence-electron chi connectivity index (χ3n) is 4.69. The molecular weight excluding hydrogens is 374 g/mol. The molecule has 0 unspecified atom stereocenters. The van der Waals surface area contributed by atoms with E-state index in [0.717, 1.165) is 16.3 Å². The molecule has 1 aliphatic rings. The van der Waals surface area contributed by atoms with Crippen molar-refractivity contribution in [2.24, 2.45) is 0 Å². The summed E-state index contributed by atoms with van der Waals surface area (Å²) in [6, 6.07) is 15.5. The number of phenolic OH excluding ortho intramolecular Hbond substituents is 1. The number of rotatable bonds is 5. The fourth-order valence-electron chi connectivity index (χ4n) is 3.15. The van der Waals surface area contributed by atoms with Crippen molar-refractivity contribution >= 4 is 22.6 Å². The zero-order valence-corrected chi connectivity index (χ0v) is 15.7. The Morgan fingerprint density at radius 2 is 1.79 bits per heavy atom. The van der Waals surface area contributed by atoms with Crippen molar-refractivity contribution in [2.45, 2.75) is 13.0 Å². The number of nitrogens with one attached hydrogen (secondary N) is 1. The second-order valence-corrected chi connectivity index (χ2v) is 6.69. The van der Waals surface area contributed by atoms with E-state index < -0.39 is 18.5 Å². The van der Waals surface area contributed by atoms with Gasteiger partial charge in [0.15, 0.2) is 18.1 Å². The van der Waals surface area contributed by atoms with Gasteiger partial charge in [-0.05, 0) is 47.5 Å². The molecule has 3 aromatic rings. The van der Waals surface area contributed by atoms with Crippen LogP contribution >= 0.6 is 0 Å². The molecule has 7 nitrogen and oxygen atoms in total. The van der Waals surface area contributed by atoms with Crippen LogP contribution in [0.2, 0.25) is 0 Å². The van der Waals surface area contributed by atoms with Crippen molar-refractivity contribution in [3.05, 3.63) is 65.7 Å². The molecule has 2 N–H and O–H groups in total. The van der Waals surface area contributed by atoms with Crippen molar-refractivity contribution in [3.63, 3.8) is 0 Å². The van der Waals surface area contributed by atoms with Crippen LogP contribution in [0.4, 0.5) is 0 Å². The molecule has 0 spiro atoms. The van der Waals surface area contributed by atoms with E-state index in [1.54, 1.807) is 18.2 Å². The first kappa shape index (κ1) is 18.6. The number of hydrogen-bond acceptors (Lipinski definition) is 6. The summed E-state index contributed by atoms with van der Waals surface area (Å²) in [6.45, 7) is 1.53. The Hall–Kier alpha value is -3.74. The van der Waals surface area contributed by atoms with Gasteiger partial charge in [-0.1, -0.05) is 30.3 Å². The van der Waals surface area contributed by atoms with Crippen LogP contribution in [0.1, 0.15) is 28.9 Å². The highest BCUT2D eigenvalue weighted by molar-refractivity contribution is 5.99. The number of esters is 1. The van der Waals surface area contributed by atoms with E-state index in [-0.39, 0.29) is 24.1 Å². The number of phenols is 1. The molecule has 4 rings (SSSR count). The van der Waals surface area contributed by atoms with Gasteiger partial charge in [-0.3, -0.25) is 4.79 Å². The Labute approximate surface area is 166 Å². The molecule has 0 aliphatic carbocycles. The quantitative estimate of drug-likeness (QED) is 0.646. The van der Waals surface area contributed by atoms with E-state index in [2.05, 4.69) is 5.32 Å². The summed E-state index contributed by atoms with van der Waals surface area (Å²) in [6.07, 6.45) is 0. The lowest BCUT2D eigenvalue weighted by Crippen LogP contribution is -2.31. The smallest absolute Gasteiger partial charge is 0.342 e. The highest BCUT2D eigenvalue weighted by Gasteiger charge is 2.19. The molecule has 0 saturated heterocycles. The Balaban J connectivity index is 1.37. The monoisotopic (exact) mass is 393 g/mol. The molecule has 7 heteroatoms. The Morgan fingerprint density at radius 3 is 2.59 bits per heavy atom. The first-order valence-corrected chi connectivity index (χ1v) is 9.09. The number of aromatic hydroxyl groups is 1. The predicted octanol–water partition coefficient (Wildman–Crippen LogP) is 3.31. The van der Waals surface area contributed by atoms with Crippen LogP contribution in [0.3, 0.4) is 0 Å². The fraction of sp³-hybridized carbons (Fsp3) is 0.182. The maximum absolute atomic E-state index is 12.3. The van der Waals surface area contributed by atoms with Gasteiger partial charge in [-0.15, -0.1) is 0 Å². The van der Waals surface area contributed by atoms with Crippen LogP contribution in [0.5, 0.6) is 17.2 Å². The van der Waals surface area contributed by atoms with Crippen LogP contribution < -0.4 is 14.8 Å². The van der Waals surface area contributed by atoms with Gasteiger partial charge in [0.05, 0.1) is 6.04 Å². The lowest BCUT2D eigenvalue weighted by molar-refractivity contribution is -0.124. The van der Waals surface area contributed by atoms with E-state index in [4.69, 9.17) is 14.2 Å². The number of hydrogen-bond donors (Lipinski definition) is 2. The molecule has 1 atom stereocenters. The van der Waals surface area contributed by atoms with E-state index in [1.165, 1.54) is 6.07 Å². The molecule has 0 fully saturated rings. The van der Waals surface area contributed by atoms with E-state index in [9.17, 15) is 14.7 Å². The summed E-state index contributed by atoms with van der Waals surface area (Å²) in [5.41, 5.74) is 0.849. The van der Waals surface area contributed by atoms with Crippen LogP contribution in [0.15, 0.2) is 54.6 Å². The number of ether oxygens (including phenoxy) is 3. The summed E-state index contributed by atoms with van der Waals surface area (Å²) < 4.78 is 15.7. The lowest BCUT2D eigenvalue weighted by atomic mass is 10.1. The topological polar surface area (TPSA) is 94.1 Å². The normalized spacial score (nSPS) is 13.1. The van der Waals surface area contributed by atoms with Crippen LogP contribution in [-0.2, 0) is 9.53 Å². The maximum Gasteiger partial charge on any atom is 0.342 e. The summed E-state index contributed by atoms with van der Waals surface area (Å²) in [5.74, 6) is -0.121.